The lowest BCUT2D eigenvalue weighted by Gasteiger charge is -2.49. The van der Waals surface area contributed by atoms with Gasteiger partial charge in [-0.2, -0.15) is 0 Å². The number of nitrogens with zero attached hydrogens (tertiary/aromatic N) is 1. The third-order valence-corrected chi connectivity index (χ3v) is 5.17. The minimum atomic E-state index is 0.201. The van der Waals surface area contributed by atoms with Gasteiger partial charge in [0.05, 0.1) is 7.11 Å². The molecule has 3 heteroatoms. The highest BCUT2D eigenvalue weighted by Crippen LogP contribution is 2.44. The van der Waals surface area contributed by atoms with Crippen LogP contribution in [0.25, 0.3) is 0 Å². The topological polar surface area (TPSA) is 38.5 Å². The van der Waals surface area contributed by atoms with Crippen LogP contribution in [0.5, 0.6) is 5.75 Å². The smallest absolute Gasteiger partial charge is 0.118 e. The van der Waals surface area contributed by atoms with Crippen molar-refractivity contribution in [2.45, 2.75) is 38.1 Å². The highest BCUT2D eigenvalue weighted by molar-refractivity contribution is 5.34. The first-order chi connectivity index (χ1) is 9.53. The molecule has 0 radical (unpaired) electrons. The van der Waals surface area contributed by atoms with Crippen LogP contribution in [0, 0.1) is 5.92 Å². The maximum Gasteiger partial charge on any atom is 0.118 e. The molecular weight excluding hydrogens is 248 g/mol. The van der Waals surface area contributed by atoms with Crippen molar-refractivity contribution in [1.82, 2.24) is 4.90 Å². The molecule has 1 heterocycles. The summed E-state index contributed by atoms with van der Waals surface area (Å²) in [6, 6.07) is 9.19. The summed E-state index contributed by atoms with van der Waals surface area (Å²) in [5.41, 5.74) is 7.56. The van der Waals surface area contributed by atoms with Crippen LogP contribution in [-0.4, -0.2) is 38.2 Å². The minimum Gasteiger partial charge on any atom is -0.497 e. The zero-order valence-corrected chi connectivity index (χ0v) is 13.2. The van der Waals surface area contributed by atoms with E-state index in [0.29, 0.717) is 12.0 Å². The molecule has 2 rings (SSSR count). The number of hydrogen-bond donors (Lipinski definition) is 1. The summed E-state index contributed by atoms with van der Waals surface area (Å²) in [5.74, 6) is 1.53. The maximum absolute atomic E-state index is 5.94. The molecule has 1 aliphatic heterocycles. The summed E-state index contributed by atoms with van der Waals surface area (Å²) in [6.07, 6.45) is 2.23. The predicted octanol–water partition coefficient (Wildman–Crippen LogP) is 2.64. The van der Waals surface area contributed by atoms with Crippen LogP contribution in [0.15, 0.2) is 24.3 Å². The number of likely N-dealkylation sites (tertiary alicyclic amines) is 1. The molecule has 20 heavy (non-hydrogen) atoms. The first-order valence-electron chi connectivity index (χ1n) is 7.58. The second kappa shape index (κ2) is 6.15. The number of hydrogen-bond acceptors (Lipinski definition) is 3. The fourth-order valence-corrected chi connectivity index (χ4v) is 3.75. The molecule has 112 valence electrons. The molecule has 0 aliphatic carbocycles. The zero-order chi connectivity index (χ0) is 14.8. The van der Waals surface area contributed by atoms with Gasteiger partial charge in [0, 0.05) is 18.0 Å². The number of piperidine rings is 1. The lowest BCUT2D eigenvalue weighted by atomic mass is 9.63. The Bertz CT molecular complexity index is 431. The molecule has 2 N–H and O–H groups in total. The van der Waals surface area contributed by atoms with E-state index in [2.05, 4.69) is 50.1 Å². The second-order valence-electron chi connectivity index (χ2n) is 6.32. The molecule has 1 aliphatic rings. The van der Waals surface area contributed by atoms with Gasteiger partial charge in [0.1, 0.15) is 5.75 Å². The maximum atomic E-state index is 5.94. The van der Waals surface area contributed by atoms with Gasteiger partial charge in [-0.25, -0.2) is 0 Å². The highest BCUT2D eigenvalue weighted by Gasteiger charge is 2.43. The fraction of sp³-hybridized carbons (Fsp3) is 0.647. The van der Waals surface area contributed by atoms with Crippen LogP contribution in [0.4, 0.5) is 0 Å². The van der Waals surface area contributed by atoms with Crippen molar-refractivity contribution in [2.24, 2.45) is 11.7 Å². The lowest BCUT2D eigenvalue weighted by molar-refractivity contribution is 0.0703. The Balaban J connectivity index is 2.37. The van der Waals surface area contributed by atoms with E-state index in [4.69, 9.17) is 10.5 Å². The molecule has 3 atom stereocenters. The second-order valence-corrected chi connectivity index (χ2v) is 6.32. The molecule has 1 fully saturated rings. The van der Waals surface area contributed by atoms with E-state index in [0.717, 1.165) is 25.3 Å². The van der Waals surface area contributed by atoms with Crippen molar-refractivity contribution < 1.29 is 4.74 Å². The van der Waals surface area contributed by atoms with Crippen molar-refractivity contribution in [3.8, 4) is 5.75 Å². The summed E-state index contributed by atoms with van der Waals surface area (Å²) in [7, 11) is 3.94. The van der Waals surface area contributed by atoms with Gasteiger partial charge in [0.15, 0.2) is 0 Å². The number of rotatable bonds is 4. The van der Waals surface area contributed by atoms with Crippen molar-refractivity contribution >= 4 is 0 Å². The van der Waals surface area contributed by atoms with Crippen LogP contribution >= 0.6 is 0 Å². The summed E-state index contributed by atoms with van der Waals surface area (Å²) in [4.78, 5) is 2.46. The van der Waals surface area contributed by atoms with Gasteiger partial charge in [-0.1, -0.05) is 19.1 Å². The summed E-state index contributed by atoms with van der Waals surface area (Å²) < 4.78 is 5.28. The largest absolute Gasteiger partial charge is 0.497 e. The molecule has 0 spiro atoms. The zero-order valence-electron chi connectivity index (χ0n) is 13.2. The third-order valence-electron chi connectivity index (χ3n) is 5.17. The van der Waals surface area contributed by atoms with Crippen molar-refractivity contribution in [2.75, 3.05) is 27.2 Å². The molecule has 1 aromatic carbocycles. The normalized spacial score (nSPS) is 31.2. The number of ether oxygens (including phenoxy) is 1. The van der Waals surface area contributed by atoms with E-state index >= 15 is 0 Å². The van der Waals surface area contributed by atoms with E-state index in [1.54, 1.807) is 7.11 Å². The van der Waals surface area contributed by atoms with E-state index < -0.39 is 0 Å². The van der Waals surface area contributed by atoms with Gasteiger partial charge >= 0.3 is 0 Å². The molecular formula is C17H28N2O. The van der Waals surface area contributed by atoms with Crippen molar-refractivity contribution in [3.05, 3.63) is 29.8 Å². The van der Waals surface area contributed by atoms with E-state index in [9.17, 15) is 0 Å². The number of nitrogens with two attached hydrogens (primary N) is 1. The Morgan fingerprint density at radius 2 is 1.95 bits per heavy atom. The number of methoxy groups -OCH3 is 1. The Kier molecular flexibility index (Phi) is 4.71. The molecule has 0 unspecified atom stereocenters. The minimum absolute atomic E-state index is 0.201. The predicted molar refractivity (Wildman–Crippen MR) is 84.2 cm³/mol. The molecule has 1 saturated heterocycles. The average molecular weight is 276 g/mol. The molecule has 1 aromatic rings. The summed E-state index contributed by atoms with van der Waals surface area (Å²) >= 11 is 0. The van der Waals surface area contributed by atoms with Crippen LogP contribution in [0.1, 0.15) is 32.3 Å². The monoisotopic (exact) mass is 276 g/mol. The Labute approximate surface area is 123 Å². The van der Waals surface area contributed by atoms with E-state index in [-0.39, 0.29) is 5.41 Å². The van der Waals surface area contributed by atoms with Gasteiger partial charge in [-0.05, 0) is 57.0 Å². The van der Waals surface area contributed by atoms with Gasteiger partial charge < -0.3 is 15.4 Å². The van der Waals surface area contributed by atoms with Crippen LogP contribution in [0.2, 0.25) is 0 Å². The fourth-order valence-electron chi connectivity index (χ4n) is 3.75. The Hall–Kier alpha value is -1.06. The van der Waals surface area contributed by atoms with Crippen LogP contribution < -0.4 is 10.5 Å². The van der Waals surface area contributed by atoms with Crippen molar-refractivity contribution in [1.29, 1.82) is 0 Å². The molecule has 0 aromatic heterocycles. The number of benzene rings is 1. The molecule has 0 saturated carbocycles. The van der Waals surface area contributed by atoms with Crippen LogP contribution in [-0.2, 0) is 5.41 Å². The Morgan fingerprint density at radius 3 is 2.50 bits per heavy atom. The van der Waals surface area contributed by atoms with E-state index in [1.807, 2.05) is 0 Å². The summed E-state index contributed by atoms with van der Waals surface area (Å²) in [5, 5.41) is 0. The van der Waals surface area contributed by atoms with Gasteiger partial charge in [0.2, 0.25) is 0 Å². The lowest BCUT2D eigenvalue weighted by Crippen LogP contribution is -2.52. The van der Waals surface area contributed by atoms with Crippen molar-refractivity contribution in [3.63, 3.8) is 0 Å². The average Bonchev–Trinajstić information content (AvgIpc) is 2.45. The summed E-state index contributed by atoms with van der Waals surface area (Å²) in [6.45, 7) is 6.56. The first kappa shape index (κ1) is 15.3. The standard InChI is InChI=1S/C17H28N2O/c1-13-12-19(3)14(2)11-17(13,9-10-18)15-5-7-16(20-4)8-6-15/h5-8,13-14H,9-12,18H2,1-4H3/t13-,14+,17+/m0/s1. The molecule has 0 bridgehead atoms. The Morgan fingerprint density at radius 1 is 1.30 bits per heavy atom. The van der Waals surface area contributed by atoms with Gasteiger partial charge in [-0.15, -0.1) is 0 Å². The van der Waals surface area contributed by atoms with E-state index in [1.165, 1.54) is 12.0 Å². The molecule has 0 amide bonds. The molecule has 3 nitrogen and oxygen atoms in total. The third kappa shape index (κ3) is 2.70. The quantitative estimate of drug-likeness (QED) is 0.919. The van der Waals surface area contributed by atoms with Gasteiger partial charge in [0.25, 0.3) is 0 Å². The highest BCUT2D eigenvalue weighted by atomic mass is 16.5. The van der Waals surface area contributed by atoms with Gasteiger partial charge in [-0.3, -0.25) is 0 Å². The first-order valence-corrected chi connectivity index (χ1v) is 7.58. The SMILES string of the molecule is COc1ccc([C@]2(CCN)C[C@@H](C)N(C)C[C@@H]2C)cc1. The van der Waals surface area contributed by atoms with Crippen LogP contribution in [0.3, 0.4) is 0 Å².